The highest BCUT2D eigenvalue weighted by atomic mass is 32.1. The lowest BCUT2D eigenvalue weighted by Gasteiger charge is -2.11. The second-order valence-corrected chi connectivity index (χ2v) is 6.54. The maximum absolute atomic E-state index is 12.4. The van der Waals surface area contributed by atoms with Gasteiger partial charge in [0.05, 0.1) is 24.8 Å². The zero-order valence-electron chi connectivity index (χ0n) is 13.1. The number of thiophene rings is 1. The van der Waals surface area contributed by atoms with Gasteiger partial charge in [0.15, 0.2) is 0 Å². The minimum Gasteiger partial charge on any atom is -0.496 e. The van der Waals surface area contributed by atoms with Gasteiger partial charge in [-0.15, -0.1) is 22.7 Å². The first-order valence-corrected chi connectivity index (χ1v) is 8.85. The van der Waals surface area contributed by atoms with Crippen molar-refractivity contribution in [3.63, 3.8) is 0 Å². The van der Waals surface area contributed by atoms with Gasteiger partial charge in [-0.3, -0.25) is 0 Å². The number of hydrogen-bond donors (Lipinski definition) is 0. The van der Waals surface area contributed by atoms with Gasteiger partial charge in [-0.05, 0) is 23.6 Å². The van der Waals surface area contributed by atoms with Crippen molar-refractivity contribution < 1.29 is 19.0 Å². The third-order valence-corrected chi connectivity index (χ3v) is 5.20. The molecule has 0 saturated heterocycles. The molecule has 0 radical (unpaired) electrons. The smallest absolute Gasteiger partial charge is 0.346 e. The number of carbonyl (C=O) groups excluding carboxylic acids is 1. The number of carbonyl (C=O) groups is 1. The van der Waals surface area contributed by atoms with Crippen molar-refractivity contribution in [2.75, 3.05) is 14.2 Å². The molecule has 7 heteroatoms. The average molecular weight is 361 g/mol. The molecule has 2 heterocycles. The van der Waals surface area contributed by atoms with Crippen LogP contribution in [0.2, 0.25) is 0 Å². The van der Waals surface area contributed by atoms with Gasteiger partial charge in [-0.25, -0.2) is 9.78 Å². The van der Waals surface area contributed by atoms with E-state index >= 15 is 0 Å². The van der Waals surface area contributed by atoms with Gasteiger partial charge in [-0.1, -0.05) is 12.1 Å². The van der Waals surface area contributed by atoms with Gasteiger partial charge in [0.1, 0.15) is 28.7 Å². The number of methoxy groups -OCH3 is 2. The van der Waals surface area contributed by atoms with E-state index in [1.165, 1.54) is 25.6 Å². The molecular weight excluding hydrogens is 346 g/mol. The summed E-state index contributed by atoms with van der Waals surface area (Å²) in [6.45, 7) is 0.0991. The fourth-order valence-electron chi connectivity index (χ4n) is 2.15. The summed E-state index contributed by atoms with van der Waals surface area (Å²) in [5.41, 5.74) is 0.988. The predicted molar refractivity (Wildman–Crippen MR) is 94.1 cm³/mol. The molecule has 0 bridgehead atoms. The molecule has 0 unspecified atom stereocenters. The van der Waals surface area contributed by atoms with Crippen molar-refractivity contribution in [3.05, 3.63) is 52.3 Å². The first-order chi connectivity index (χ1) is 11.7. The molecule has 0 aliphatic heterocycles. The molecule has 0 atom stereocenters. The second kappa shape index (κ2) is 7.46. The van der Waals surface area contributed by atoms with Gasteiger partial charge in [0.2, 0.25) is 0 Å². The van der Waals surface area contributed by atoms with Gasteiger partial charge >= 0.3 is 5.97 Å². The molecule has 5 nitrogen and oxygen atoms in total. The average Bonchev–Trinajstić information content (AvgIpc) is 3.29. The highest BCUT2D eigenvalue weighted by molar-refractivity contribution is 7.20. The summed E-state index contributed by atoms with van der Waals surface area (Å²) in [6.07, 6.45) is 0. The van der Waals surface area contributed by atoms with E-state index in [0.29, 0.717) is 17.2 Å². The van der Waals surface area contributed by atoms with Crippen molar-refractivity contribution in [3.8, 4) is 21.4 Å². The fourth-order valence-corrected chi connectivity index (χ4v) is 3.77. The van der Waals surface area contributed by atoms with Crippen LogP contribution in [0.4, 0.5) is 0 Å². The number of thiazole rings is 1. The molecule has 0 spiro atoms. The van der Waals surface area contributed by atoms with Gasteiger partial charge in [0, 0.05) is 5.38 Å². The Kier molecular flexibility index (Phi) is 5.12. The standard InChI is InChI=1S/C17H15NO4S2/c1-20-12-5-3-6-13(21-2)15(12)17(19)22-9-11-10-24-16(18-11)14-7-4-8-23-14/h3-8,10H,9H2,1-2H3. The maximum atomic E-state index is 12.4. The zero-order valence-corrected chi connectivity index (χ0v) is 14.8. The van der Waals surface area contributed by atoms with Gasteiger partial charge in [-0.2, -0.15) is 0 Å². The molecule has 0 aliphatic carbocycles. The molecule has 0 N–H and O–H groups in total. The molecule has 2 aromatic heterocycles. The van der Waals surface area contributed by atoms with Crippen LogP contribution in [0, 0.1) is 0 Å². The lowest BCUT2D eigenvalue weighted by molar-refractivity contribution is 0.0461. The molecule has 1 aromatic carbocycles. The number of benzene rings is 1. The highest BCUT2D eigenvalue weighted by Gasteiger charge is 2.20. The minimum absolute atomic E-state index is 0.0991. The fraction of sp³-hybridized carbons (Fsp3) is 0.176. The Hall–Kier alpha value is -2.38. The Morgan fingerprint density at radius 1 is 1.08 bits per heavy atom. The topological polar surface area (TPSA) is 57.7 Å². The monoisotopic (exact) mass is 361 g/mol. The summed E-state index contributed by atoms with van der Waals surface area (Å²) in [5, 5.41) is 4.82. The molecule has 0 aliphatic rings. The normalized spacial score (nSPS) is 10.4. The number of hydrogen-bond acceptors (Lipinski definition) is 7. The Bertz CT molecular complexity index is 805. The van der Waals surface area contributed by atoms with Crippen molar-refractivity contribution in [1.82, 2.24) is 4.98 Å². The summed E-state index contributed by atoms with van der Waals surface area (Å²) in [6, 6.07) is 9.13. The lowest BCUT2D eigenvalue weighted by atomic mass is 10.2. The van der Waals surface area contributed by atoms with Crippen LogP contribution in [0.5, 0.6) is 11.5 Å². The third kappa shape index (κ3) is 3.42. The Morgan fingerprint density at radius 3 is 2.46 bits per heavy atom. The second-order valence-electron chi connectivity index (χ2n) is 4.73. The van der Waals surface area contributed by atoms with E-state index in [9.17, 15) is 4.79 Å². The molecule has 0 amide bonds. The van der Waals surface area contributed by atoms with Crippen LogP contribution in [0.3, 0.4) is 0 Å². The van der Waals surface area contributed by atoms with E-state index in [1.807, 2.05) is 22.9 Å². The van der Waals surface area contributed by atoms with Gasteiger partial charge in [0.25, 0.3) is 0 Å². The van der Waals surface area contributed by atoms with E-state index in [-0.39, 0.29) is 12.2 Å². The van der Waals surface area contributed by atoms with E-state index in [4.69, 9.17) is 14.2 Å². The quantitative estimate of drug-likeness (QED) is 0.615. The SMILES string of the molecule is COc1cccc(OC)c1C(=O)OCc1csc(-c2cccs2)n1. The number of nitrogens with zero attached hydrogens (tertiary/aromatic N) is 1. The van der Waals surface area contributed by atoms with E-state index in [2.05, 4.69) is 4.98 Å². The number of ether oxygens (including phenoxy) is 3. The Balaban J connectivity index is 1.72. The largest absolute Gasteiger partial charge is 0.496 e. The Labute approximate surface area is 147 Å². The highest BCUT2D eigenvalue weighted by Crippen LogP contribution is 2.30. The molecular formula is C17H15NO4S2. The van der Waals surface area contributed by atoms with Gasteiger partial charge < -0.3 is 14.2 Å². The first kappa shape index (κ1) is 16.5. The molecule has 124 valence electrons. The van der Waals surface area contributed by atoms with Crippen LogP contribution in [-0.2, 0) is 11.3 Å². The van der Waals surface area contributed by atoms with Crippen molar-refractivity contribution in [1.29, 1.82) is 0 Å². The minimum atomic E-state index is -0.505. The molecule has 0 fully saturated rings. The number of rotatable bonds is 6. The zero-order chi connectivity index (χ0) is 16.9. The van der Waals surface area contributed by atoms with Crippen LogP contribution in [0.15, 0.2) is 41.1 Å². The summed E-state index contributed by atoms with van der Waals surface area (Å²) in [7, 11) is 3.00. The molecule has 3 aromatic rings. The number of aromatic nitrogens is 1. The van der Waals surface area contributed by atoms with Crippen molar-refractivity contribution in [2.45, 2.75) is 6.61 Å². The van der Waals surface area contributed by atoms with E-state index in [1.54, 1.807) is 29.5 Å². The van der Waals surface area contributed by atoms with E-state index < -0.39 is 5.97 Å². The lowest BCUT2D eigenvalue weighted by Crippen LogP contribution is -2.09. The van der Waals surface area contributed by atoms with Crippen LogP contribution >= 0.6 is 22.7 Å². The maximum Gasteiger partial charge on any atom is 0.346 e. The van der Waals surface area contributed by atoms with E-state index in [0.717, 1.165) is 9.88 Å². The summed E-state index contributed by atoms with van der Waals surface area (Å²) >= 11 is 3.16. The van der Waals surface area contributed by atoms with Crippen LogP contribution in [-0.4, -0.2) is 25.2 Å². The third-order valence-electron chi connectivity index (χ3n) is 3.27. The van der Waals surface area contributed by atoms with Crippen LogP contribution < -0.4 is 9.47 Å². The Morgan fingerprint density at radius 2 is 1.83 bits per heavy atom. The van der Waals surface area contributed by atoms with Crippen molar-refractivity contribution >= 4 is 28.6 Å². The van der Waals surface area contributed by atoms with Crippen LogP contribution in [0.25, 0.3) is 9.88 Å². The van der Waals surface area contributed by atoms with Crippen LogP contribution in [0.1, 0.15) is 16.1 Å². The molecule has 0 saturated carbocycles. The summed E-state index contributed by atoms with van der Waals surface area (Å²) in [5.74, 6) is 0.323. The summed E-state index contributed by atoms with van der Waals surface area (Å²) < 4.78 is 15.8. The first-order valence-electron chi connectivity index (χ1n) is 7.09. The van der Waals surface area contributed by atoms with Crippen molar-refractivity contribution in [2.24, 2.45) is 0 Å². The number of esters is 1. The summed E-state index contributed by atoms with van der Waals surface area (Å²) in [4.78, 5) is 18.0. The molecule has 3 rings (SSSR count). The predicted octanol–water partition coefficient (Wildman–Crippen LogP) is 4.25. The molecule has 24 heavy (non-hydrogen) atoms.